The number of ether oxygens (including phenoxy) is 1. The van der Waals surface area contributed by atoms with E-state index in [0.717, 1.165) is 26.1 Å². The van der Waals surface area contributed by atoms with Crippen molar-refractivity contribution in [2.24, 2.45) is 0 Å². The number of rotatable bonds is 3. The average molecular weight is 245 g/mol. The van der Waals surface area contributed by atoms with Crippen LogP contribution in [0.2, 0.25) is 0 Å². The maximum atomic E-state index is 10.7. The molecule has 0 saturated carbocycles. The Balaban J connectivity index is 1.76. The zero-order valence-corrected chi connectivity index (χ0v) is 10.4. The summed E-state index contributed by atoms with van der Waals surface area (Å²) >= 11 is 2.01. The SMILES string of the molecule is CC1CN(CC2CCC(C(=O)O)O2)CCS1. The van der Waals surface area contributed by atoms with Crippen molar-refractivity contribution in [1.29, 1.82) is 0 Å². The van der Waals surface area contributed by atoms with Crippen molar-refractivity contribution >= 4 is 17.7 Å². The Bertz CT molecular complexity index is 262. The smallest absolute Gasteiger partial charge is 0.332 e. The summed E-state index contributed by atoms with van der Waals surface area (Å²) in [6.45, 7) is 5.34. The highest BCUT2D eigenvalue weighted by molar-refractivity contribution is 7.99. The monoisotopic (exact) mass is 245 g/mol. The van der Waals surface area contributed by atoms with Crippen LogP contribution < -0.4 is 0 Å². The highest BCUT2D eigenvalue weighted by atomic mass is 32.2. The van der Waals surface area contributed by atoms with Crippen LogP contribution >= 0.6 is 11.8 Å². The van der Waals surface area contributed by atoms with Crippen molar-refractivity contribution in [3.63, 3.8) is 0 Å². The van der Waals surface area contributed by atoms with Gasteiger partial charge in [-0.15, -0.1) is 0 Å². The molecule has 92 valence electrons. The Hall–Kier alpha value is -0.260. The van der Waals surface area contributed by atoms with Crippen LogP contribution in [0.15, 0.2) is 0 Å². The van der Waals surface area contributed by atoms with Gasteiger partial charge in [-0.25, -0.2) is 4.79 Å². The number of hydrogen-bond donors (Lipinski definition) is 1. The van der Waals surface area contributed by atoms with Crippen LogP contribution in [-0.2, 0) is 9.53 Å². The van der Waals surface area contributed by atoms with E-state index in [4.69, 9.17) is 9.84 Å². The van der Waals surface area contributed by atoms with Gasteiger partial charge < -0.3 is 9.84 Å². The van der Waals surface area contributed by atoms with Gasteiger partial charge in [-0.3, -0.25) is 4.90 Å². The van der Waals surface area contributed by atoms with Crippen LogP contribution in [0, 0.1) is 0 Å². The van der Waals surface area contributed by atoms with Gasteiger partial charge in [0.2, 0.25) is 0 Å². The van der Waals surface area contributed by atoms with E-state index in [1.807, 2.05) is 11.8 Å². The lowest BCUT2D eigenvalue weighted by Gasteiger charge is -2.32. The second kappa shape index (κ2) is 5.38. The van der Waals surface area contributed by atoms with Gasteiger partial charge in [0.15, 0.2) is 6.10 Å². The minimum absolute atomic E-state index is 0.122. The van der Waals surface area contributed by atoms with Crippen molar-refractivity contribution in [2.75, 3.05) is 25.4 Å². The average Bonchev–Trinajstić information content (AvgIpc) is 2.66. The fourth-order valence-electron chi connectivity index (χ4n) is 2.37. The van der Waals surface area contributed by atoms with Crippen LogP contribution in [0.5, 0.6) is 0 Å². The van der Waals surface area contributed by atoms with Gasteiger partial charge in [-0.1, -0.05) is 6.92 Å². The molecule has 0 aromatic heterocycles. The molecule has 2 aliphatic heterocycles. The number of aliphatic carboxylic acids is 1. The van der Waals surface area contributed by atoms with Gasteiger partial charge in [0.1, 0.15) is 0 Å². The topological polar surface area (TPSA) is 49.8 Å². The standard InChI is InChI=1S/C11H19NO3S/c1-8-6-12(4-5-16-8)7-9-2-3-10(15-9)11(13)14/h8-10H,2-7H2,1H3,(H,13,14). The first-order chi connectivity index (χ1) is 7.65. The lowest BCUT2D eigenvalue weighted by Crippen LogP contribution is -2.41. The van der Waals surface area contributed by atoms with E-state index in [2.05, 4.69) is 11.8 Å². The molecule has 5 heteroatoms. The Morgan fingerprint density at radius 2 is 2.38 bits per heavy atom. The highest BCUT2D eigenvalue weighted by Crippen LogP contribution is 2.23. The van der Waals surface area contributed by atoms with Gasteiger partial charge in [-0.05, 0) is 12.8 Å². The Kier molecular flexibility index (Phi) is 4.10. The number of nitrogens with zero attached hydrogens (tertiary/aromatic N) is 1. The summed E-state index contributed by atoms with van der Waals surface area (Å²) < 4.78 is 5.51. The molecule has 2 heterocycles. The van der Waals surface area contributed by atoms with Crippen LogP contribution in [0.3, 0.4) is 0 Å². The third-order valence-corrected chi connectivity index (χ3v) is 4.31. The zero-order chi connectivity index (χ0) is 11.5. The lowest BCUT2D eigenvalue weighted by molar-refractivity contribution is -0.149. The minimum atomic E-state index is -0.815. The fourth-order valence-corrected chi connectivity index (χ4v) is 3.45. The molecular weight excluding hydrogens is 226 g/mol. The molecule has 1 N–H and O–H groups in total. The van der Waals surface area contributed by atoms with E-state index in [0.29, 0.717) is 11.7 Å². The van der Waals surface area contributed by atoms with Gasteiger partial charge in [0.25, 0.3) is 0 Å². The van der Waals surface area contributed by atoms with Gasteiger partial charge >= 0.3 is 5.97 Å². The van der Waals surface area contributed by atoms with Crippen LogP contribution in [0.1, 0.15) is 19.8 Å². The second-order valence-corrected chi connectivity index (χ2v) is 6.15. The molecule has 0 radical (unpaired) electrons. The predicted octanol–water partition coefficient (Wildman–Crippen LogP) is 1.06. The van der Waals surface area contributed by atoms with Crippen molar-refractivity contribution in [3.05, 3.63) is 0 Å². The molecule has 2 saturated heterocycles. The largest absolute Gasteiger partial charge is 0.479 e. The first kappa shape index (κ1) is 12.2. The third-order valence-electron chi connectivity index (χ3n) is 3.17. The molecule has 4 nitrogen and oxygen atoms in total. The van der Waals surface area contributed by atoms with Crippen molar-refractivity contribution in [3.8, 4) is 0 Å². The first-order valence-electron chi connectivity index (χ1n) is 5.87. The number of carbonyl (C=O) groups is 1. The molecule has 0 aliphatic carbocycles. The molecular formula is C11H19NO3S. The number of hydrogen-bond acceptors (Lipinski definition) is 4. The van der Waals surface area contributed by atoms with E-state index in [9.17, 15) is 4.79 Å². The fraction of sp³-hybridized carbons (Fsp3) is 0.909. The molecule has 0 aromatic rings. The zero-order valence-electron chi connectivity index (χ0n) is 9.59. The van der Waals surface area contributed by atoms with Gasteiger partial charge in [-0.2, -0.15) is 11.8 Å². The summed E-state index contributed by atoms with van der Waals surface area (Å²) in [5, 5.41) is 9.52. The van der Waals surface area contributed by atoms with Crippen molar-refractivity contribution < 1.29 is 14.6 Å². The summed E-state index contributed by atoms with van der Waals surface area (Å²) in [6.07, 6.45) is 1.10. The van der Waals surface area contributed by atoms with Crippen LogP contribution in [0.4, 0.5) is 0 Å². The van der Waals surface area contributed by atoms with Crippen LogP contribution in [0.25, 0.3) is 0 Å². The number of carboxylic acid groups (broad SMARTS) is 1. The molecule has 2 fully saturated rings. The third kappa shape index (κ3) is 3.12. The van der Waals surface area contributed by atoms with E-state index in [1.165, 1.54) is 5.75 Å². The van der Waals surface area contributed by atoms with E-state index in [-0.39, 0.29) is 6.10 Å². The molecule has 0 amide bonds. The lowest BCUT2D eigenvalue weighted by atomic mass is 10.2. The summed E-state index contributed by atoms with van der Waals surface area (Å²) in [5.74, 6) is 0.362. The molecule has 0 spiro atoms. The van der Waals surface area contributed by atoms with Crippen LogP contribution in [-0.4, -0.2) is 58.8 Å². The maximum absolute atomic E-state index is 10.7. The Labute approximate surface area is 100 Å². The van der Waals surface area contributed by atoms with E-state index in [1.54, 1.807) is 0 Å². The summed E-state index contributed by atoms with van der Waals surface area (Å²) in [6, 6.07) is 0. The molecule has 2 rings (SSSR count). The Morgan fingerprint density at radius 1 is 1.56 bits per heavy atom. The number of thioether (sulfide) groups is 1. The van der Waals surface area contributed by atoms with Crippen molar-refractivity contribution in [1.82, 2.24) is 4.90 Å². The molecule has 0 bridgehead atoms. The van der Waals surface area contributed by atoms with Crippen molar-refractivity contribution in [2.45, 2.75) is 37.2 Å². The molecule has 0 aromatic carbocycles. The predicted molar refractivity (Wildman–Crippen MR) is 63.9 cm³/mol. The van der Waals surface area contributed by atoms with E-state index >= 15 is 0 Å². The normalized spacial score (nSPS) is 36.4. The molecule has 3 unspecified atom stereocenters. The summed E-state index contributed by atoms with van der Waals surface area (Å²) in [4.78, 5) is 13.1. The Morgan fingerprint density at radius 3 is 3.00 bits per heavy atom. The summed E-state index contributed by atoms with van der Waals surface area (Å²) in [5.41, 5.74) is 0. The number of carboxylic acids is 1. The molecule has 16 heavy (non-hydrogen) atoms. The minimum Gasteiger partial charge on any atom is -0.479 e. The van der Waals surface area contributed by atoms with E-state index < -0.39 is 12.1 Å². The molecule has 3 atom stereocenters. The maximum Gasteiger partial charge on any atom is 0.332 e. The second-order valence-electron chi connectivity index (χ2n) is 4.60. The highest BCUT2D eigenvalue weighted by Gasteiger charge is 2.32. The quantitative estimate of drug-likeness (QED) is 0.805. The first-order valence-corrected chi connectivity index (χ1v) is 6.92. The summed E-state index contributed by atoms with van der Waals surface area (Å²) in [7, 11) is 0. The molecule has 2 aliphatic rings. The van der Waals surface area contributed by atoms with Gasteiger partial charge in [0, 0.05) is 30.6 Å². The van der Waals surface area contributed by atoms with Gasteiger partial charge in [0.05, 0.1) is 6.10 Å².